The molecule has 0 saturated heterocycles. The highest BCUT2D eigenvalue weighted by molar-refractivity contribution is 5.98. The van der Waals surface area contributed by atoms with Crippen LogP contribution in [0.2, 0.25) is 0 Å². The number of rotatable bonds is 3. The summed E-state index contributed by atoms with van der Waals surface area (Å²) in [6.07, 6.45) is 0. The molecule has 0 aliphatic heterocycles. The molecule has 8 nitrogen and oxygen atoms in total. The quantitative estimate of drug-likeness (QED) is 0.527. The summed E-state index contributed by atoms with van der Waals surface area (Å²) in [4.78, 5) is 29.1. The highest BCUT2D eigenvalue weighted by Gasteiger charge is 2.18. The molecule has 0 atom stereocenters. The Labute approximate surface area is 166 Å². The third-order valence-electron chi connectivity index (χ3n) is 4.48. The van der Waals surface area contributed by atoms with E-state index in [0.29, 0.717) is 11.2 Å². The van der Waals surface area contributed by atoms with E-state index >= 15 is 0 Å². The molecule has 8 heteroatoms. The summed E-state index contributed by atoms with van der Waals surface area (Å²) in [5.41, 5.74) is 8.19. The molecule has 0 unspecified atom stereocenters. The molecule has 0 saturated carbocycles. The number of hydrogen-bond acceptors (Lipinski definition) is 5. The second-order valence-electron chi connectivity index (χ2n) is 6.57. The molecule has 2 aromatic carbocycles. The number of para-hydroxylation sites is 1. The van der Waals surface area contributed by atoms with Crippen molar-refractivity contribution in [1.29, 1.82) is 0 Å². The zero-order valence-electron chi connectivity index (χ0n) is 15.9. The number of fused-ring (bicyclic) bond motifs is 1. The van der Waals surface area contributed by atoms with Crippen LogP contribution in [0.5, 0.6) is 0 Å². The van der Waals surface area contributed by atoms with Gasteiger partial charge in [0.2, 0.25) is 0 Å². The number of benzene rings is 2. The lowest BCUT2D eigenvalue weighted by atomic mass is 10.2. The molecular weight excluding hydrogens is 368 g/mol. The largest absolute Gasteiger partial charge is 0.292 e. The molecule has 0 fully saturated rings. The fraction of sp³-hybridized carbons (Fsp3) is 0.0952. The van der Waals surface area contributed by atoms with Gasteiger partial charge in [0.15, 0.2) is 5.69 Å². The lowest BCUT2D eigenvalue weighted by Crippen LogP contribution is -2.42. The van der Waals surface area contributed by atoms with E-state index in [9.17, 15) is 9.59 Å². The number of hydrazine groups is 1. The van der Waals surface area contributed by atoms with E-state index in [0.717, 1.165) is 16.6 Å². The smallest absolute Gasteiger partial charge is 0.266 e. The molecule has 0 aliphatic carbocycles. The number of pyridine rings is 1. The second-order valence-corrected chi connectivity index (χ2v) is 6.57. The van der Waals surface area contributed by atoms with E-state index < -0.39 is 11.8 Å². The minimum Gasteiger partial charge on any atom is -0.266 e. The van der Waals surface area contributed by atoms with Crippen LogP contribution < -0.4 is 10.9 Å². The Bertz CT molecular complexity index is 1230. The van der Waals surface area contributed by atoms with Crippen molar-refractivity contribution in [3.05, 3.63) is 83.3 Å². The van der Waals surface area contributed by atoms with E-state index in [1.165, 1.54) is 0 Å². The number of nitrogens with one attached hydrogen (secondary N) is 2. The molecule has 0 spiro atoms. The number of nitrogens with zero attached hydrogens (tertiary/aromatic N) is 4. The predicted molar refractivity (Wildman–Crippen MR) is 108 cm³/mol. The van der Waals surface area contributed by atoms with Gasteiger partial charge in [0.1, 0.15) is 5.69 Å². The number of amides is 2. The van der Waals surface area contributed by atoms with E-state index in [-0.39, 0.29) is 11.4 Å². The SMILES string of the molecule is Cc1cccc(-n2nnc(C(=O)NNC(=O)c3ccc4ccccc4n3)c2C)c1. The van der Waals surface area contributed by atoms with Gasteiger partial charge in [-0.05, 0) is 43.7 Å². The summed E-state index contributed by atoms with van der Waals surface area (Å²) < 4.78 is 1.58. The highest BCUT2D eigenvalue weighted by atomic mass is 16.2. The van der Waals surface area contributed by atoms with Crippen molar-refractivity contribution < 1.29 is 9.59 Å². The zero-order chi connectivity index (χ0) is 20.4. The molecule has 2 amide bonds. The summed E-state index contributed by atoms with van der Waals surface area (Å²) in [6.45, 7) is 3.71. The molecule has 2 heterocycles. The predicted octanol–water partition coefficient (Wildman–Crippen LogP) is 2.51. The molecule has 2 N–H and O–H groups in total. The first-order valence-corrected chi connectivity index (χ1v) is 8.99. The number of carbonyl (C=O) groups is 2. The first-order chi connectivity index (χ1) is 14.0. The van der Waals surface area contributed by atoms with E-state index in [1.807, 2.05) is 55.5 Å². The Morgan fingerprint density at radius 1 is 0.897 bits per heavy atom. The summed E-state index contributed by atoms with van der Waals surface area (Å²) >= 11 is 0. The second kappa shape index (κ2) is 7.51. The Morgan fingerprint density at radius 3 is 2.52 bits per heavy atom. The number of carbonyl (C=O) groups excluding carboxylic acids is 2. The van der Waals surface area contributed by atoms with Crippen molar-refractivity contribution in [3.63, 3.8) is 0 Å². The van der Waals surface area contributed by atoms with Crippen molar-refractivity contribution in [2.75, 3.05) is 0 Å². The molecule has 4 rings (SSSR count). The Hall–Kier alpha value is -4.07. The van der Waals surface area contributed by atoms with Crippen LogP contribution >= 0.6 is 0 Å². The maximum atomic E-state index is 12.5. The molecular formula is C21H18N6O2. The van der Waals surface area contributed by atoms with Gasteiger partial charge in [0.05, 0.1) is 16.9 Å². The van der Waals surface area contributed by atoms with Crippen LogP contribution in [-0.2, 0) is 0 Å². The monoisotopic (exact) mass is 386 g/mol. The van der Waals surface area contributed by atoms with Crippen molar-refractivity contribution in [2.24, 2.45) is 0 Å². The maximum absolute atomic E-state index is 12.5. The molecule has 144 valence electrons. The fourth-order valence-electron chi connectivity index (χ4n) is 2.97. The Morgan fingerprint density at radius 2 is 1.69 bits per heavy atom. The summed E-state index contributed by atoms with van der Waals surface area (Å²) in [6, 6.07) is 18.6. The van der Waals surface area contributed by atoms with E-state index in [2.05, 4.69) is 26.1 Å². The third kappa shape index (κ3) is 3.68. The van der Waals surface area contributed by atoms with Gasteiger partial charge in [0.25, 0.3) is 11.8 Å². The van der Waals surface area contributed by atoms with Gasteiger partial charge in [0, 0.05) is 5.39 Å². The lowest BCUT2D eigenvalue weighted by molar-refractivity contribution is 0.0841. The van der Waals surface area contributed by atoms with Crippen LogP contribution in [0.25, 0.3) is 16.6 Å². The summed E-state index contributed by atoms with van der Waals surface area (Å²) in [7, 11) is 0. The number of aryl methyl sites for hydroxylation is 1. The van der Waals surface area contributed by atoms with Gasteiger partial charge < -0.3 is 0 Å². The molecule has 0 radical (unpaired) electrons. The van der Waals surface area contributed by atoms with E-state index in [1.54, 1.807) is 23.7 Å². The minimum absolute atomic E-state index is 0.123. The molecule has 0 bridgehead atoms. The van der Waals surface area contributed by atoms with Crippen molar-refractivity contribution in [1.82, 2.24) is 30.8 Å². The molecule has 0 aliphatic rings. The van der Waals surface area contributed by atoms with Gasteiger partial charge in [-0.1, -0.05) is 41.6 Å². The molecule has 29 heavy (non-hydrogen) atoms. The van der Waals surface area contributed by atoms with Crippen LogP contribution in [0.15, 0.2) is 60.7 Å². The van der Waals surface area contributed by atoms with Crippen LogP contribution in [0.4, 0.5) is 0 Å². The Kier molecular flexibility index (Phi) is 4.74. The molecule has 4 aromatic rings. The van der Waals surface area contributed by atoms with Crippen molar-refractivity contribution in [2.45, 2.75) is 13.8 Å². The zero-order valence-corrected chi connectivity index (χ0v) is 15.9. The first kappa shape index (κ1) is 18.3. The normalized spacial score (nSPS) is 10.7. The molecule has 2 aromatic heterocycles. The van der Waals surface area contributed by atoms with E-state index in [4.69, 9.17) is 0 Å². The maximum Gasteiger partial charge on any atom is 0.292 e. The number of hydrogen-bond donors (Lipinski definition) is 2. The van der Waals surface area contributed by atoms with Crippen LogP contribution in [0.3, 0.4) is 0 Å². The standard InChI is InChI=1S/C21H18N6O2/c1-13-6-5-8-16(12-13)27-14(2)19(23-26-27)21(29)25-24-20(28)18-11-10-15-7-3-4-9-17(15)22-18/h3-12H,1-2H3,(H,24,28)(H,25,29). The average molecular weight is 386 g/mol. The first-order valence-electron chi connectivity index (χ1n) is 8.99. The lowest BCUT2D eigenvalue weighted by Gasteiger charge is -2.07. The topological polar surface area (TPSA) is 102 Å². The fourth-order valence-corrected chi connectivity index (χ4v) is 2.97. The van der Waals surface area contributed by atoms with Crippen molar-refractivity contribution >= 4 is 22.7 Å². The van der Waals surface area contributed by atoms with Crippen molar-refractivity contribution in [3.8, 4) is 5.69 Å². The van der Waals surface area contributed by atoms with Gasteiger partial charge >= 0.3 is 0 Å². The highest BCUT2D eigenvalue weighted by Crippen LogP contribution is 2.14. The van der Waals surface area contributed by atoms with Gasteiger partial charge in [-0.3, -0.25) is 20.4 Å². The van der Waals surface area contributed by atoms with Gasteiger partial charge in [-0.15, -0.1) is 5.10 Å². The van der Waals surface area contributed by atoms with Gasteiger partial charge in [-0.2, -0.15) is 0 Å². The van der Waals surface area contributed by atoms with Gasteiger partial charge in [-0.25, -0.2) is 9.67 Å². The number of aromatic nitrogens is 4. The minimum atomic E-state index is -0.560. The summed E-state index contributed by atoms with van der Waals surface area (Å²) in [5.74, 6) is -1.08. The third-order valence-corrected chi connectivity index (χ3v) is 4.48. The average Bonchev–Trinajstić information content (AvgIpc) is 3.12. The van der Waals surface area contributed by atoms with Crippen LogP contribution in [-0.4, -0.2) is 31.8 Å². The van der Waals surface area contributed by atoms with Crippen LogP contribution in [0.1, 0.15) is 32.2 Å². The summed E-state index contributed by atoms with van der Waals surface area (Å²) in [5, 5.41) is 8.92. The van der Waals surface area contributed by atoms with Crippen LogP contribution in [0, 0.1) is 13.8 Å². The Balaban J connectivity index is 1.47.